The van der Waals surface area contributed by atoms with Gasteiger partial charge >= 0.3 is 0 Å². The Hall–Kier alpha value is -3.53. The van der Waals surface area contributed by atoms with Gasteiger partial charge in [0.15, 0.2) is 0 Å². The van der Waals surface area contributed by atoms with E-state index in [9.17, 15) is 19.2 Å². The summed E-state index contributed by atoms with van der Waals surface area (Å²) in [5.74, 6) is -2.06. The molecule has 10 nitrogen and oxygen atoms in total. The number of nitrogens with zero attached hydrogens (tertiary/aromatic N) is 3. The molecule has 10 heteroatoms. The summed E-state index contributed by atoms with van der Waals surface area (Å²) in [5.41, 5.74) is 7.46. The third-order valence-corrected chi connectivity index (χ3v) is 5.03. The zero-order valence-electron chi connectivity index (χ0n) is 15.6. The third-order valence-electron chi connectivity index (χ3n) is 5.03. The number of nitrogens with one attached hydrogen (secondary N) is 2. The van der Waals surface area contributed by atoms with Crippen molar-refractivity contribution in [1.82, 2.24) is 20.0 Å². The lowest BCUT2D eigenvalue weighted by atomic mass is 10.0. The minimum atomic E-state index is -0.976. The number of carbonyl (C=O) groups excluding carboxylic acids is 4. The molecule has 2 aliphatic heterocycles. The van der Waals surface area contributed by atoms with E-state index < -0.39 is 29.7 Å². The van der Waals surface area contributed by atoms with Gasteiger partial charge in [-0.1, -0.05) is 12.1 Å². The second kappa shape index (κ2) is 7.47. The molecule has 1 atom stereocenters. The van der Waals surface area contributed by atoms with E-state index in [2.05, 4.69) is 15.7 Å². The fourth-order valence-corrected chi connectivity index (χ4v) is 3.64. The summed E-state index contributed by atoms with van der Waals surface area (Å²) in [5, 5.41) is 9.56. The Morgan fingerprint density at radius 2 is 2.03 bits per heavy atom. The fourth-order valence-electron chi connectivity index (χ4n) is 3.64. The lowest BCUT2D eigenvalue weighted by molar-refractivity contribution is -0.136. The van der Waals surface area contributed by atoms with Crippen LogP contribution in [0.3, 0.4) is 0 Å². The molecule has 1 saturated heterocycles. The lowest BCUT2D eigenvalue weighted by Gasteiger charge is -2.27. The number of hydrogen-bond acceptors (Lipinski definition) is 7. The Labute approximate surface area is 166 Å². The van der Waals surface area contributed by atoms with Crippen molar-refractivity contribution in [2.45, 2.75) is 32.0 Å². The quantitative estimate of drug-likeness (QED) is 0.577. The number of imide groups is 2. The molecule has 2 aliphatic rings. The van der Waals surface area contributed by atoms with Crippen LogP contribution in [0.1, 0.15) is 39.1 Å². The van der Waals surface area contributed by atoms with Gasteiger partial charge in [0.1, 0.15) is 6.04 Å². The number of aromatic nitrogens is 2. The van der Waals surface area contributed by atoms with Gasteiger partial charge in [-0.2, -0.15) is 5.10 Å². The fraction of sp³-hybridized carbons (Fsp3) is 0.316. The van der Waals surface area contributed by atoms with Crippen molar-refractivity contribution in [2.75, 3.05) is 11.9 Å². The van der Waals surface area contributed by atoms with Gasteiger partial charge < -0.3 is 11.1 Å². The maximum absolute atomic E-state index is 13.0. The molecule has 1 fully saturated rings. The van der Waals surface area contributed by atoms with E-state index in [4.69, 9.17) is 5.73 Å². The van der Waals surface area contributed by atoms with Gasteiger partial charge in [0.2, 0.25) is 11.8 Å². The molecule has 1 unspecified atom stereocenters. The van der Waals surface area contributed by atoms with Gasteiger partial charge in [-0.15, -0.1) is 0 Å². The summed E-state index contributed by atoms with van der Waals surface area (Å²) in [4.78, 5) is 50.4. The van der Waals surface area contributed by atoms with Crippen LogP contribution in [0.5, 0.6) is 0 Å². The molecule has 2 aromatic rings. The maximum atomic E-state index is 13.0. The molecule has 3 heterocycles. The highest BCUT2D eigenvalue weighted by atomic mass is 16.2. The normalized spacial score (nSPS) is 18.8. The van der Waals surface area contributed by atoms with Gasteiger partial charge in [0.05, 0.1) is 29.6 Å². The van der Waals surface area contributed by atoms with E-state index in [0.717, 1.165) is 10.6 Å². The molecule has 1 aromatic carbocycles. The van der Waals surface area contributed by atoms with E-state index in [1.807, 2.05) is 0 Å². The molecule has 4 N–H and O–H groups in total. The molecule has 4 amide bonds. The van der Waals surface area contributed by atoms with Crippen molar-refractivity contribution >= 4 is 29.3 Å². The molecule has 1 aromatic heterocycles. The number of benzene rings is 1. The lowest BCUT2D eigenvalue weighted by Crippen LogP contribution is -2.54. The van der Waals surface area contributed by atoms with Gasteiger partial charge in [0.25, 0.3) is 11.8 Å². The molecule has 0 spiro atoms. The van der Waals surface area contributed by atoms with Crippen LogP contribution in [-0.2, 0) is 22.7 Å². The van der Waals surface area contributed by atoms with E-state index in [0.29, 0.717) is 25.2 Å². The average Bonchev–Trinajstić information content (AvgIpc) is 3.24. The average molecular weight is 396 g/mol. The molecule has 0 bridgehead atoms. The third kappa shape index (κ3) is 3.38. The highest BCUT2D eigenvalue weighted by Crippen LogP contribution is 2.30. The number of nitrogens with two attached hydrogens (primary N) is 1. The summed E-state index contributed by atoms with van der Waals surface area (Å²) in [6, 6.07) is 4.06. The molecular weight excluding hydrogens is 376 g/mol. The molecule has 0 saturated carbocycles. The Morgan fingerprint density at radius 3 is 2.79 bits per heavy atom. The van der Waals surface area contributed by atoms with Crippen molar-refractivity contribution in [3.63, 3.8) is 0 Å². The number of fused-ring (bicyclic) bond motifs is 1. The highest BCUT2D eigenvalue weighted by Gasteiger charge is 2.45. The molecule has 29 heavy (non-hydrogen) atoms. The van der Waals surface area contributed by atoms with Crippen LogP contribution >= 0.6 is 0 Å². The standard InChI is InChI=1S/C19H20N6O4/c20-6-7-24-10-12(9-22-24)21-8-11-2-1-3-13-16(11)19(29)25(18(13)28)14-4-5-15(26)23-17(14)27/h1-3,9-10,14,21H,4-8,20H2,(H,23,26,27). The van der Waals surface area contributed by atoms with E-state index in [1.165, 1.54) is 0 Å². The predicted molar refractivity (Wildman–Crippen MR) is 102 cm³/mol. The summed E-state index contributed by atoms with van der Waals surface area (Å²) in [6.45, 7) is 1.37. The summed E-state index contributed by atoms with van der Waals surface area (Å²) >= 11 is 0. The van der Waals surface area contributed by atoms with Crippen LogP contribution in [0.25, 0.3) is 0 Å². The summed E-state index contributed by atoms with van der Waals surface area (Å²) in [6.07, 6.45) is 3.68. The molecule has 150 valence electrons. The molecular formula is C19H20N6O4. The second-order valence-electron chi connectivity index (χ2n) is 6.92. The first-order valence-corrected chi connectivity index (χ1v) is 9.29. The number of hydrogen-bond donors (Lipinski definition) is 3. The monoisotopic (exact) mass is 396 g/mol. The first-order valence-electron chi connectivity index (χ1n) is 9.29. The minimum absolute atomic E-state index is 0.0883. The first-order chi connectivity index (χ1) is 14.0. The molecule has 4 rings (SSSR count). The first kappa shape index (κ1) is 18.8. The van der Waals surface area contributed by atoms with E-state index in [-0.39, 0.29) is 24.0 Å². The maximum Gasteiger partial charge on any atom is 0.262 e. The Balaban J connectivity index is 1.56. The van der Waals surface area contributed by atoms with Gasteiger partial charge in [0, 0.05) is 25.7 Å². The summed E-state index contributed by atoms with van der Waals surface area (Å²) in [7, 11) is 0. The van der Waals surface area contributed by atoms with Crippen molar-refractivity contribution in [3.8, 4) is 0 Å². The Bertz CT molecular complexity index is 1010. The topological polar surface area (TPSA) is 139 Å². The van der Waals surface area contributed by atoms with E-state index in [1.54, 1.807) is 35.3 Å². The smallest absolute Gasteiger partial charge is 0.262 e. The zero-order valence-corrected chi connectivity index (χ0v) is 15.6. The number of amides is 4. The largest absolute Gasteiger partial charge is 0.378 e. The number of rotatable bonds is 6. The SMILES string of the molecule is NCCn1cc(NCc2cccc3c2C(=O)N(C2CCC(=O)NC2=O)C3=O)cn1. The molecule has 0 radical (unpaired) electrons. The van der Waals surface area contributed by atoms with Crippen molar-refractivity contribution in [2.24, 2.45) is 5.73 Å². The van der Waals surface area contributed by atoms with Crippen LogP contribution < -0.4 is 16.4 Å². The van der Waals surface area contributed by atoms with Crippen LogP contribution in [0.2, 0.25) is 0 Å². The van der Waals surface area contributed by atoms with Crippen LogP contribution in [-0.4, -0.2) is 50.9 Å². The van der Waals surface area contributed by atoms with Crippen molar-refractivity contribution in [1.29, 1.82) is 0 Å². The molecule has 0 aliphatic carbocycles. The van der Waals surface area contributed by atoms with Crippen molar-refractivity contribution in [3.05, 3.63) is 47.3 Å². The minimum Gasteiger partial charge on any atom is -0.378 e. The van der Waals surface area contributed by atoms with Crippen LogP contribution in [0, 0.1) is 0 Å². The van der Waals surface area contributed by atoms with Crippen LogP contribution in [0.4, 0.5) is 5.69 Å². The summed E-state index contributed by atoms with van der Waals surface area (Å²) < 4.78 is 1.71. The van der Waals surface area contributed by atoms with E-state index >= 15 is 0 Å². The zero-order chi connectivity index (χ0) is 20.5. The van der Waals surface area contributed by atoms with Gasteiger partial charge in [-0.25, -0.2) is 0 Å². The van der Waals surface area contributed by atoms with Crippen molar-refractivity contribution < 1.29 is 19.2 Å². The number of carbonyl (C=O) groups is 4. The van der Waals surface area contributed by atoms with Gasteiger partial charge in [-0.3, -0.25) is 34.1 Å². The van der Waals surface area contributed by atoms with Gasteiger partial charge in [-0.05, 0) is 18.1 Å². The number of piperidine rings is 1. The van der Waals surface area contributed by atoms with Crippen LogP contribution in [0.15, 0.2) is 30.6 Å². The second-order valence-corrected chi connectivity index (χ2v) is 6.92. The number of anilines is 1. The Morgan fingerprint density at radius 1 is 1.21 bits per heavy atom. The highest BCUT2D eigenvalue weighted by molar-refractivity contribution is 6.24. The Kier molecular flexibility index (Phi) is 4.85. The predicted octanol–water partition coefficient (Wildman–Crippen LogP) is -0.145.